The van der Waals surface area contributed by atoms with Crippen molar-refractivity contribution in [2.24, 2.45) is 7.05 Å². The molecular weight excluding hydrogens is 470 g/mol. The second kappa shape index (κ2) is 9.29. The molecule has 10 nitrogen and oxygen atoms in total. The summed E-state index contributed by atoms with van der Waals surface area (Å²) in [6, 6.07) is 9.49. The molecule has 0 radical (unpaired) electrons. The Morgan fingerprint density at radius 3 is 2.95 bits per heavy atom. The van der Waals surface area contributed by atoms with Crippen LogP contribution in [0, 0.1) is 0 Å². The fourth-order valence-corrected chi connectivity index (χ4v) is 5.59. The van der Waals surface area contributed by atoms with Crippen LogP contribution in [0.25, 0.3) is 11.1 Å². The number of hydrogen-bond acceptors (Lipinski definition) is 7. The normalized spacial score (nSPS) is 16.6. The largest absolute Gasteiger partial charge is 0.392 e. The van der Waals surface area contributed by atoms with E-state index in [0.29, 0.717) is 30.4 Å². The van der Waals surface area contributed by atoms with Crippen LogP contribution in [-0.4, -0.2) is 41.6 Å². The van der Waals surface area contributed by atoms with Gasteiger partial charge in [0.05, 0.1) is 12.3 Å². The van der Waals surface area contributed by atoms with E-state index in [1.807, 2.05) is 12.1 Å². The van der Waals surface area contributed by atoms with E-state index in [1.165, 1.54) is 10.9 Å². The molecule has 1 amide bonds. The second-order valence-electron chi connectivity index (χ2n) is 9.43. The maximum Gasteiger partial charge on any atom is 0.287 e. The molecule has 3 N–H and O–H groups in total. The molecule has 0 saturated carbocycles. The van der Waals surface area contributed by atoms with Gasteiger partial charge < -0.3 is 24.9 Å². The number of aliphatic hydroxyl groups is 1. The van der Waals surface area contributed by atoms with Crippen molar-refractivity contribution in [2.45, 2.75) is 38.3 Å². The first-order valence-corrected chi connectivity index (χ1v) is 12.4. The van der Waals surface area contributed by atoms with Crippen LogP contribution in [0.1, 0.15) is 51.9 Å². The topological polar surface area (TPSA) is 127 Å². The highest BCUT2D eigenvalue weighted by Crippen LogP contribution is 2.41. The van der Waals surface area contributed by atoms with Gasteiger partial charge in [-0.25, -0.2) is 15.0 Å². The van der Waals surface area contributed by atoms with E-state index in [4.69, 9.17) is 0 Å². The first kappa shape index (κ1) is 23.1. The van der Waals surface area contributed by atoms with E-state index in [2.05, 4.69) is 36.2 Å². The molecular formula is C27H27N7O3. The van der Waals surface area contributed by atoms with Gasteiger partial charge in [-0.05, 0) is 48.1 Å². The number of aromatic nitrogens is 5. The van der Waals surface area contributed by atoms with Crippen LogP contribution in [0.4, 0.5) is 11.5 Å². The lowest BCUT2D eigenvalue weighted by molar-refractivity contribution is 0.0921. The number of amides is 1. The number of nitrogens with one attached hydrogen (secondary N) is 2. The standard InChI is InChI=1S/C27H27N7O3/c1-33-13-16(12-22(27(33)37)31-23-8-9-28-15-30-23)17-4-2-5-18(20(17)14-35)19-6-3-7-21-24(19)34-11-10-29-26(36)25(34)32-21/h2,4-5,8-9,12-13,15,19,35H,3,6-7,10-11,14H2,1H3,(H,29,36)(H,28,30,31). The van der Waals surface area contributed by atoms with Crippen molar-refractivity contribution in [2.75, 3.05) is 11.9 Å². The third-order valence-corrected chi connectivity index (χ3v) is 7.23. The number of rotatable bonds is 5. The first-order chi connectivity index (χ1) is 18.0. The SMILES string of the molecule is Cn1cc(-c2cccc(C3CCCc4nc5n(c43)CCNC5=O)c2CO)cc(Nc2ccncn2)c1=O. The Labute approximate surface area is 213 Å². The number of aryl methyl sites for hydroxylation is 2. The molecule has 3 aromatic heterocycles. The highest BCUT2D eigenvalue weighted by Gasteiger charge is 2.33. The molecule has 6 rings (SSSR count). The molecule has 1 unspecified atom stereocenters. The molecule has 0 fully saturated rings. The summed E-state index contributed by atoms with van der Waals surface area (Å²) < 4.78 is 3.58. The molecule has 1 aliphatic heterocycles. The maximum absolute atomic E-state index is 12.9. The zero-order valence-electron chi connectivity index (χ0n) is 20.4. The van der Waals surface area contributed by atoms with Crippen LogP contribution in [-0.2, 0) is 26.6 Å². The summed E-state index contributed by atoms with van der Waals surface area (Å²) >= 11 is 0. The number of anilines is 2. The Morgan fingerprint density at radius 2 is 2.14 bits per heavy atom. The number of imidazole rings is 1. The molecule has 188 valence electrons. The van der Waals surface area contributed by atoms with E-state index in [0.717, 1.165) is 52.9 Å². The van der Waals surface area contributed by atoms with E-state index >= 15 is 0 Å². The first-order valence-electron chi connectivity index (χ1n) is 12.4. The number of aliphatic hydroxyl groups excluding tert-OH is 1. The van der Waals surface area contributed by atoms with E-state index in [9.17, 15) is 14.7 Å². The average molecular weight is 498 g/mol. The smallest absolute Gasteiger partial charge is 0.287 e. The van der Waals surface area contributed by atoms with Gasteiger partial charge in [0.15, 0.2) is 5.82 Å². The lowest BCUT2D eigenvalue weighted by Gasteiger charge is -2.28. The van der Waals surface area contributed by atoms with Crippen molar-refractivity contribution >= 4 is 17.4 Å². The van der Waals surface area contributed by atoms with Crippen molar-refractivity contribution < 1.29 is 9.90 Å². The number of pyridine rings is 1. The minimum absolute atomic E-state index is 0.0177. The fourth-order valence-electron chi connectivity index (χ4n) is 5.59. The van der Waals surface area contributed by atoms with Gasteiger partial charge in [0, 0.05) is 49.7 Å². The molecule has 1 atom stereocenters. The number of fused-ring (bicyclic) bond motifs is 3. The van der Waals surface area contributed by atoms with Crippen molar-refractivity contribution in [1.82, 2.24) is 29.4 Å². The van der Waals surface area contributed by atoms with Crippen LogP contribution in [0.15, 0.2) is 53.8 Å². The predicted molar refractivity (Wildman–Crippen MR) is 138 cm³/mol. The van der Waals surface area contributed by atoms with E-state index in [-0.39, 0.29) is 24.0 Å². The molecule has 0 spiro atoms. The maximum atomic E-state index is 12.9. The average Bonchev–Trinajstić information content (AvgIpc) is 3.31. The predicted octanol–water partition coefficient (Wildman–Crippen LogP) is 2.49. The summed E-state index contributed by atoms with van der Waals surface area (Å²) in [5.41, 5.74) is 5.72. The summed E-state index contributed by atoms with van der Waals surface area (Å²) in [4.78, 5) is 38.1. The molecule has 0 bridgehead atoms. The lowest BCUT2D eigenvalue weighted by atomic mass is 9.80. The number of hydrogen-bond donors (Lipinski definition) is 3. The number of benzene rings is 1. The van der Waals surface area contributed by atoms with Gasteiger partial charge >= 0.3 is 0 Å². The fraction of sp³-hybridized carbons (Fsp3) is 0.296. The zero-order chi connectivity index (χ0) is 25.5. The van der Waals surface area contributed by atoms with Gasteiger partial charge in [-0.1, -0.05) is 18.2 Å². The quantitative estimate of drug-likeness (QED) is 0.387. The number of carbonyl (C=O) groups excluding carboxylic acids is 1. The molecule has 0 saturated heterocycles. The summed E-state index contributed by atoms with van der Waals surface area (Å²) in [6.07, 6.45) is 7.51. The summed E-state index contributed by atoms with van der Waals surface area (Å²) in [5.74, 6) is 0.876. The monoisotopic (exact) mass is 497 g/mol. The summed E-state index contributed by atoms with van der Waals surface area (Å²) in [6.45, 7) is 1.11. The molecule has 4 aromatic rings. The number of nitrogens with zero attached hydrogens (tertiary/aromatic N) is 5. The number of carbonyl (C=O) groups is 1. The minimum Gasteiger partial charge on any atom is -0.392 e. The third-order valence-electron chi connectivity index (χ3n) is 7.23. The van der Waals surface area contributed by atoms with Crippen molar-refractivity contribution in [3.05, 3.63) is 87.7 Å². The molecule has 1 aromatic carbocycles. The van der Waals surface area contributed by atoms with Gasteiger partial charge in [-0.2, -0.15) is 0 Å². The van der Waals surface area contributed by atoms with Crippen LogP contribution < -0.4 is 16.2 Å². The van der Waals surface area contributed by atoms with Crippen molar-refractivity contribution in [3.8, 4) is 11.1 Å². The molecule has 37 heavy (non-hydrogen) atoms. The van der Waals surface area contributed by atoms with Gasteiger partial charge in [0.1, 0.15) is 17.8 Å². The van der Waals surface area contributed by atoms with Crippen LogP contribution >= 0.6 is 0 Å². The molecule has 10 heteroatoms. The van der Waals surface area contributed by atoms with E-state index in [1.54, 1.807) is 31.6 Å². The Bertz CT molecular complexity index is 1560. The van der Waals surface area contributed by atoms with Crippen LogP contribution in [0.3, 0.4) is 0 Å². The third kappa shape index (κ3) is 3.99. The van der Waals surface area contributed by atoms with Crippen LogP contribution in [0.2, 0.25) is 0 Å². The van der Waals surface area contributed by atoms with Crippen molar-refractivity contribution in [3.63, 3.8) is 0 Å². The van der Waals surface area contributed by atoms with Gasteiger partial charge in [-0.3, -0.25) is 9.59 Å². The summed E-state index contributed by atoms with van der Waals surface area (Å²) in [7, 11) is 1.70. The van der Waals surface area contributed by atoms with Gasteiger partial charge in [-0.15, -0.1) is 0 Å². The van der Waals surface area contributed by atoms with Crippen LogP contribution in [0.5, 0.6) is 0 Å². The van der Waals surface area contributed by atoms with Gasteiger partial charge in [0.2, 0.25) is 0 Å². The van der Waals surface area contributed by atoms with Gasteiger partial charge in [0.25, 0.3) is 11.5 Å². The lowest BCUT2D eigenvalue weighted by Crippen LogP contribution is -2.36. The highest BCUT2D eigenvalue weighted by atomic mass is 16.3. The summed E-state index contributed by atoms with van der Waals surface area (Å²) in [5, 5.41) is 16.6. The molecule has 4 heterocycles. The highest BCUT2D eigenvalue weighted by molar-refractivity contribution is 5.91. The Morgan fingerprint density at radius 1 is 1.24 bits per heavy atom. The Balaban J connectivity index is 1.46. The van der Waals surface area contributed by atoms with Crippen molar-refractivity contribution in [1.29, 1.82) is 0 Å². The Hall–Kier alpha value is -4.31. The molecule has 2 aliphatic rings. The minimum atomic E-state index is -0.190. The molecule has 1 aliphatic carbocycles. The van der Waals surface area contributed by atoms with E-state index < -0.39 is 0 Å². The second-order valence-corrected chi connectivity index (χ2v) is 9.43. The Kier molecular flexibility index (Phi) is 5.80. The zero-order valence-corrected chi connectivity index (χ0v) is 20.4.